The number of hydrogen-bond donors (Lipinski definition) is 1. The van der Waals surface area contributed by atoms with Crippen LogP contribution in [0.1, 0.15) is 36.5 Å². The Bertz CT molecular complexity index is 626. The summed E-state index contributed by atoms with van der Waals surface area (Å²) >= 11 is 0. The van der Waals surface area contributed by atoms with Crippen LogP contribution in [0.2, 0.25) is 0 Å². The van der Waals surface area contributed by atoms with Crippen molar-refractivity contribution in [2.75, 3.05) is 6.54 Å². The van der Waals surface area contributed by atoms with Crippen LogP contribution in [0.3, 0.4) is 0 Å². The van der Waals surface area contributed by atoms with Crippen LogP contribution in [-0.2, 0) is 11.3 Å². The third-order valence-electron chi connectivity index (χ3n) is 3.29. The first-order valence-electron chi connectivity index (χ1n) is 7.44. The van der Waals surface area contributed by atoms with Gasteiger partial charge in [0.1, 0.15) is 11.5 Å². The van der Waals surface area contributed by atoms with E-state index < -0.39 is 0 Å². The molecule has 0 aliphatic carbocycles. The third kappa shape index (κ3) is 4.91. The van der Waals surface area contributed by atoms with Gasteiger partial charge >= 0.3 is 0 Å². The Balaban J connectivity index is 1.87. The fourth-order valence-electron chi connectivity index (χ4n) is 2.06. The molecule has 122 valence electrons. The topological polar surface area (TPSA) is 88.3 Å². The SMILES string of the molecule is CC(C)N(CCC(=O)NCc1ccco1)C(=O)c1cnccn1. The lowest BCUT2D eigenvalue weighted by molar-refractivity contribution is -0.121. The molecular formula is C16H20N4O3. The highest BCUT2D eigenvalue weighted by Gasteiger charge is 2.20. The molecule has 2 rings (SSSR count). The maximum absolute atomic E-state index is 12.4. The molecule has 0 saturated carbocycles. The zero-order valence-electron chi connectivity index (χ0n) is 13.2. The molecule has 0 saturated heterocycles. The van der Waals surface area contributed by atoms with Gasteiger partial charge in [0, 0.05) is 31.4 Å². The van der Waals surface area contributed by atoms with Crippen molar-refractivity contribution in [1.29, 1.82) is 0 Å². The zero-order valence-corrected chi connectivity index (χ0v) is 13.2. The maximum atomic E-state index is 12.4. The number of amides is 2. The van der Waals surface area contributed by atoms with Gasteiger partial charge in [0.2, 0.25) is 5.91 Å². The molecule has 2 amide bonds. The van der Waals surface area contributed by atoms with Crippen LogP contribution in [0, 0.1) is 0 Å². The fraction of sp³-hybridized carbons (Fsp3) is 0.375. The van der Waals surface area contributed by atoms with E-state index in [0.717, 1.165) is 0 Å². The lowest BCUT2D eigenvalue weighted by Gasteiger charge is -2.26. The second kappa shape index (κ2) is 8.07. The number of furan rings is 1. The van der Waals surface area contributed by atoms with E-state index in [1.165, 1.54) is 18.6 Å². The maximum Gasteiger partial charge on any atom is 0.274 e. The first-order valence-corrected chi connectivity index (χ1v) is 7.44. The summed E-state index contributed by atoms with van der Waals surface area (Å²) in [6.07, 6.45) is 6.18. The molecule has 0 bridgehead atoms. The van der Waals surface area contributed by atoms with E-state index >= 15 is 0 Å². The Morgan fingerprint density at radius 1 is 1.35 bits per heavy atom. The summed E-state index contributed by atoms with van der Waals surface area (Å²) in [6, 6.07) is 3.52. The normalized spacial score (nSPS) is 10.6. The van der Waals surface area contributed by atoms with Gasteiger partial charge < -0.3 is 14.6 Å². The highest BCUT2D eigenvalue weighted by molar-refractivity contribution is 5.92. The standard InChI is InChI=1S/C16H20N4O3/c1-12(2)20(16(22)14-11-17-6-7-18-14)8-5-15(21)19-10-13-4-3-9-23-13/h3-4,6-7,9,11-12H,5,8,10H2,1-2H3,(H,19,21). The first kappa shape index (κ1) is 16.7. The van der Waals surface area contributed by atoms with Gasteiger partial charge in [-0.25, -0.2) is 4.98 Å². The van der Waals surface area contributed by atoms with Gasteiger partial charge in [-0.2, -0.15) is 0 Å². The Labute approximate surface area is 134 Å². The first-order chi connectivity index (χ1) is 11.1. The monoisotopic (exact) mass is 316 g/mol. The summed E-state index contributed by atoms with van der Waals surface area (Å²) in [7, 11) is 0. The Morgan fingerprint density at radius 2 is 2.17 bits per heavy atom. The van der Waals surface area contributed by atoms with Gasteiger partial charge in [0.15, 0.2) is 0 Å². The van der Waals surface area contributed by atoms with E-state index in [2.05, 4.69) is 15.3 Å². The van der Waals surface area contributed by atoms with Crippen LogP contribution in [0.25, 0.3) is 0 Å². The molecule has 2 heterocycles. The minimum atomic E-state index is -0.230. The van der Waals surface area contributed by atoms with Crippen molar-refractivity contribution in [1.82, 2.24) is 20.2 Å². The van der Waals surface area contributed by atoms with Crippen LogP contribution in [-0.4, -0.2) is 39.3 Å². The predicted molar refractivity (Wildman–Crippen MR) is 83.4 cm³/mol. The number of hydrogen-bond acceptors (Lipinski definition) is 5. The second-order valence-corrected chi connectivity index (χ2v) is 5.29. The molecule has 7 heteroatoms. The van der Waals surface area contributed by atoms with Gasteiger partial charge in [-0.05, 0) is 26.0 Å². The van der Waals surface area contributed by atoms with E-state index in [4.69, 9.17) is 4.42 Å². The number of nitrogens with zero attached hydrogens (tertiary/aromatic N) is 3. The quantitative estimate of drug-likeness (QED) is 0.838. The molecule has 1 N–H and O–H groups in total. The summed E-state index contributed by atoms with van der Waals surface area (Å²) in [5.74, 6) is 0.320. The molecule has 0 aromatic carbocycles. The molecule has 0 unspecified atom stereocenters. The fourth-order valence-corrected chi connectivity index (χ4v) is 2.06. The molecule has 0 aliphatic heterocycles. The third-order valence-corrected chi connectivity index (χ3v) is 3.29. The predicted octanol–water partition coefficient (Wildman–Crippen LogP) is 1.63. The molecule has 7 nitrogen and oxygen atoms in total. The van der Waals surface area contributed by atoms with Crippen molar-refractivity contribution >= 4 is 11.8 Å². The Kier molecular flexibility index (Phi) is 5.85. The van der Waals surface area contributed by atoms with E-state index in [1.807, 2.05) is 13.8 Å². The van der Waals surface area contributed by atoms with Crippen molar-refractivity contribution in [3.05, 3.63) is 48.4 Å². The van der Waals surface area contributed by atoms with E-state index in [1.54, 1.807) is 23.3 Å². The number of carbonyl (C=O) groups excluding carboxylic acids is 2. The summed E-state index contributed by atoms with van der Waals surface area (Å²) < 4.78 is 5.15. The highest BCUT2D eigenvalue weighted by atomic mass is 16.3. The van der Waals surface area contributed by atoms with Crippen LogP contribution >= 0.6 is 0 Å². The summed E-state index contributed by atoms with van der Waals surface area (Å²) in [5, 5.41) is 2.76. The molecule has 0 radical (unpaired) electrons. The lowest BCUT2D eigenvalue weighted by Crippen LogP contribution is -2.40. The van der Waals surface area contributed by atoms with Crippen molar-refractivity contribution in [3.8, 4) is 0 Å². The van der Waals surface area contributed by atoms with E-state index in [9.17, 15) is 9.59 Å². The summed E-state index contributed by atoms with van der Waals surface area (Å²) in [6.45, 7) is 4.45. The highest BCUT2D eigenvalue weighted by Crippen LogP contribution is 2.07. The van der Waals surface area contributed by atoms with Crippen LogP contribution in [0.15, 0.2) is 41.4 Å². The van der Waals surface area contributed by atoms with Crippen LogP contribution in [0.5, 0.6) is 0 Å². The minimum absolute atomic E-state index is 0.0395. The van der Waals surface area contributed by atoms with Crippen molar-refractivity contribution in [2.24, 2.45) is 0 Å². The van der Waals surface area contributed by atoms with Crippen LogP contribution in [0.4, 0.5) is 0 Å². The largest absolute Gasteiger partial charge is 0.467 e. The van der Waals surface area contributed by atoms with Gasteiger partial charge in [0.05, 0.1) is 19.0 Å². The average molecular weight is 316 g/mol. The number of carbonyl (C=O) groups is 2. The number of rotatable bonds is 7. The summed E-state index contributed by atoms with van der Waals surface area (Å²) in [4.78, 5) is 33.8. The van der Waals surface area contributed by atoms with Gasteiger partial charge in [0.25, 0.3) is 5.91 Å². The molecule has 0 atom stereocenters. The van der Waals surface area contributed by atoms with E-state index in [-0.39, 0.29) is 30.0 Å². The molecule has 23 heavy (non-hydrogen) atoms. The van der Waals surface area contributed by atoms with Crippen molar-refractivity contribution in [3.63, 3.8) is 0 Å². The molecule has 0 fully saturated rings. The molecule has 2 aromatic heterocycles. The van der Waals surface area contributed by atoms with Crippen LogP contribution < -0.4 is 5.32 Å². The van der Waals surface area contributed by atoms with Gasteiger partial charge in [-0.15, -0.1) is 0 Å². The van der Waals surface area contributed by atoms with Gasteiger partial charge in [-0.3, -0.25) is 14.6 Å². The number of aromatic nitrogens is 2. The molecule has 0 spiro atoms. The smallest absolute Gasteiger partial charge is 0.274 e. The lowest BCUT2D eigenvalue weighted by atomic mass is 10.2. The minimum Gasteiger partial charge on any atom is -0.467 e. The summed E-state index contributed by atoms with van der Waals surface area (Å²) in [5.41, 5.74) is 0.275. The van der Waals surface area contributed by atoms with Crippen molar-refractivity contribution in [2.45, 2.75) is 32.9 Å². The molecule has 2 aromatic rings. The second-order valence-electron chi connectivity index (χ2n) is 5.29. The van der Waals surface area contributed by atoms with Gasteiger partial charge in [-0.1, -0.05) is 0 Å². The number of nitrogens with one attached hydrogen (secondary N) is 1. The molecular weight excluding hydrogens is 296 g/mol. The van der Waals surface area contributed by atoms with Crippen molar-refractivity contribution < 1.29 is 14.0 Å². The average Bonchev–Trinajstić information content (AvgIpc) is 3.07. The Morgan fingerprint density at radius 3 is 2.78 bits per heavy atom. The molecule has 0 aliphatic rings. The zero-order chi connectivity index (χ0) is 16.7. The Hall–Kier alpha value is -2.70. The van der Waals surface area contributed by atoms with E-state index in [0.29, 0.717) is 18.8 Å².